The van der Waals surface area contributed by atoms with E-state index in [0.717, 1.165) is 29.8 Å². The van der Waals surface area contributed by atoms with Crippen molar-refractivity contribution in [1.29, 1.82) is 0 Å². The lowest BCUT2D eigenvalue weighted by Crippen LogP contribution is -2.40. The number of benzene rings is 1. The van der Waals surface area contributed by atoms with E-state index >= 15 is 0 Å². The Labute approximate surface area is 213 Å². The lowest BCUT2D eigenvalue weighted by molar-refractivity contribution is -0.127. The highest BCUT2D eigenvalue weighted by molar-refractivity contribution is 6.32. The van der Waals surface area contributed by atoms with Gasteiger partial charge in [-0.15, -0.1) is 0 Å². The number of nitrogen functional groups attached to an aromatic ring is 1. The number of likely N-dealkylation sites (tertiary alicyclic amines) is 1. The lowest BCUT2D eigenvalue weighted by Gasteiger charge is -2.32. The third-order valence-corrected chi connectivity index (χ3v) is 6.72. The second-order valence-electron chi connectivity index (χ2n) is 8.87. The van der Waals surface area contributed by atoms with Crippen molar-refractivity contribution in [3.63, 3.8) is 0 Å². The first-order chi connectivity index (χ1) is 17.4. The van der Waals surface area contributed by atoms with Crippen LogP contribution in [0.1, 0.15) is 30.3 Å². The van der Waals surface area contributed by atoms with Gasteiger partial charge in [-0.1, -0.05) is 18.2 Å². The maximum Gasteiger partial charge on any atom is 0.246 e. The number of nitrogens with two attached hydrogens (primary N) is 1. The summed E-state index contributed by atoms with van der Waals surface area (Å²) in [4.78, 5) is 22.7. The summed E-state index contributed by atoms with van der Waals surface area (Å²) < 4.78 is 9.59. The molecule has 0 bridgehead atoms. The Morgan fingerprint density at radius 1 is 1.31 bits per heavy atom. The molecule has 1 fully saturated rings. The molecule has 1 aliphatic heterocycles. The molecule has 5 rings (SSSR count). The number of piperidine rings is 1. The molecule has 0 aliphatic carbocycles. The van der Waals surface area contributed by atoms with Gasteiger partial charge in [0, 0.05) is 25.7 Å². The first-order valence-corrected chi connectivity index (χ1v) is 12.1. The summed E-state index contributed by atoms with van der Waals surface area (Å²) in [5.74, 6) is 0.798. The van der Waals surface area contributed by atoms with E-state index in [1.165, 1.54) is 12.4 Å². The molecule has 3 aromatic heterocycles. The quantitative estimate of drug-likeness (QED) is 0.396. The number of aromatic nitrogens is 6. The molecular formula is C25H27ClN8O2. The van der Waals surface area contributed by atoms with E-state index in [2.05, 4.69) is 21.6 Å². The number of amides is 1. The average molecular weight is 507 g/mol. The fraction of sp³-hybridized carbons (Fsp3) is 0.320. The molecule has 1 saturated heterocycles. The molecule has 1 aromatic carbocycles. The Hall–Kier alpha value is -3.92. The fourth-order valence-electron chi connectivity index (χ4n) is 4.65. The van der Waals surface area contributed by atoms with Gasteiger partial charge in [0.15, 0.2) is 5.65 Å². The van der Waals surface area contributed by atoms with Crippen LogP contribution in [0.4, 0.5) is 5.82 Å². The topological polar surface area (TPSA) is 117 Å². The number of hydrogen-bond acceptors (Lipinski definition) is 7. The van der Waals surface area contributed by atoms with E-state index < -0.39 is 0 Å². The zero-order valence-electron chi connectivity index (χ0n) is 20.2. The molecule has 1 amide bonds. The normalized spacial score (nSPS) is 15.9. The third-order valence-electron chi connectivity index (χ3n) is 6.43. The van der Waals surface area contributed by atoms with Gasteiger partial charge in [0.2, 0.25) is 5.91 Å². The third kappa shape index (κ3) is 4.39. The molecule has 0 spiro atoms. The van der Waals surface area contributed by atoms with Crippen LogP contribution in [-0.4, -0.2) is 53.4 Å². The van der Waals surface area contributed by atoms with Crippen LogP contribution in [0.2, 0.25) is 5.02 Å². The highest BCUT2D eigenvalue weighted by atomic mass is 35.5. The van der Waals surface area contributed by atoms with E-state index in [4.69, 9.17) is 27.2 Å². The van der Waals surface area contributed by atoms with Crippen molar-refractivity contribution in [2.75, 3.05) is 18.8 Å². The number of carbonyl (C=O) groups excluding carboxylic acids is 1. The van der Waals surface area contributed by atoms with Crippen molar-refractivity contribution in [2.45, 2.75) is 32.4 Å². The van der Waals surface area contributed by atoms with Crippen molar-refractivity contribution in [3.8, 4) is 17.0 Å². The van der Waals surface area contributed by atoms with Crippen LogP contribution in [0.5, 0.6) is 5.75 Å². The Morgan fingerprint density at radius 3 is 2.86 bits per heavy atom. The predicted octanol–water partition coefficient (Wildman–Crippen LogP) is 3.70. The largest absolute Gasteiger partial charge is 0.486 e. The van der Waals surface area contributed by atoms with Gasteiger partial charge < -0.3 is 15.4 Å². The molecule has 36 heavy (non-hydrogen) atoms. The summed E-state index contributed by atoms with van der Waals surface area (Å²) in [6.45, 7) is 7.11. The summed E-state index contributed by atoms with van der Waals surface area (Å²) in [6, 6.07) is 7.44. The highest BCUT2D eigenvalue weighted by Crippen LogP contribution is 2.37. The van der Waals surface area contributed by atoms with Gasteiger partial charge in [-0.2, -0.15) is 10.2 Å². The Kier molecular flexibility index (Phi) is 6.36. The molecule has 4 heterocycles. The van der Waals surface area contributed by atoms with Gasteiger partial charge in [0.1, 0.15) is 30.2 Å². The van der Waals surface area contributed by atoms with Gasteiger partial charge in [-0.25, -0.2) is 14.6 Å². The van der Waals surface area contributed by atoms with Crippen LogP contribution in [-0.2, 0) is 18.4 Å². The molecule has 2 N–H and O–H groups in total. The van der Waals surface area contributed by atoms with Crippen LogP contribution in [0.3, 0.4) is 0 Å². The van der Waals surface area contributed by atoms with E-state index in [1.807, 2.05) is 36.9 Å². The molecule has 10 nitrogen and oxygen atoms in total. The van der Waals surface area contributed by atoms with Gasteiger partial charge in [-0.3, -0.25) is 9.48 Å². The summed E-state index contributed by atoms with van der Waals surface area (Å²) in [6.07, 6.45) is 4.49. The maximum atomic E-state index is 12.2. The van der Waals surface area contributed by atoms with Gasteiger partial charge >= 0.3 is 0 Å². The number of rotatable bonds is 6. The highest BCUT2D eigenvalue weighted by Gasteiger charge is 2.28. The molecule has 4 aromatic rings. The second kappa shape index (κ2) is 9.62. The minimum atomic E-state index is -0.0887. The SMILES string of the molecule is C=CC(=O)N1CCC[C@@H](n2nc(-c3ccc(OCc4cc(C)nn4C)c(Cl)c3)c3c(N)ncnc32)C1. The van der Waals surface area contributed by atoms with Crippen molar-refractivity contribution >= 4 is 34.4 Å². The number of aryl methyl sites for hydroxylation is 2. The number of halogens is 1. The van der Waals surface area contributed by atoms with Crippen LogP contribution >= 0.6 is 11.6 Å². The van der Waals surface area contributed by atoms with Crippen LogP contribution < -0.4 is 10.5 Å². The van der Waals surface area contributed by atoms with E-state index in [9.17, 15) is 4.79 Å². The molecule has 1 atom stereocenters. The number of ether oxygens (including phenoxy) is 1. The number of hydrogen-bond donors (Lipinski definition) is 1. The van der Waals surface area contributed by atoms with Crippen LogP contribution in [0.25, 0.3) is 22.3 Å². The molecule has 11 heteroatoms. The van der Waals surface area contributed by atoms with Gasteiger partial charge in [-0.05, 0) is 50.1 Å². The van der Waals surface area contributed by atoms with Gasteiger partial charge in [0.25, 0.3) is 0 Å². The van der Waals surface area contributed by atoms with Crippen LogP contribution in [0, 0.1) is 6.92 Å². The molecular weight excluding hydrogens is 480 g/mol. The minimum Gasteiger partial charge on any atom is -0.486 e. The fourth-order valence-corrected chi connectivity index (χ4v) is 4.89. The Morgan fingerprint density at radius 2 is 2.14 bits per heavy atom. The Balaban J connectivity index is 1.47. The Bertz CT molecular complexity index is 1460. The summed E-state index contributed by atoms with van der Waals surface area (Å²) in [5.41, 5.74) is 10.2. The lowest BCUT2D eigenvalue weighted by atomic mass is 10.1. The van der Waals surface area contributed by atoms with E-state index in [-0.39, 0.29) is 11.9 Å². The molecule has 0 unspecified atom stereocenters. The smallest absolute Gasteiger partial charge is 0.246 e. The van der Waals surface area contributed by atoms with E-state index in [1.54, 1.807) is 15.6 Å². The average Bonchev–Trinajstić information content (AvgIpc) is 3.42. The molecule has 0 radical (unpaired) electrons. The summed E-state index contributed by atoms with van der Waals surface area (Å²) in [5, 5.41) is 10.3. The van der Waals surface area contributed by atoms with Crippen LogP contribution in [0.15, 0.2) is 43.2 Å². The standard InChI is InChI=1S/C25H27ClN8O2/c1-4-21(35)33-9-5-6-17(12-33)34-25-22(24(27)28-14-29-25)23(31-34)16-7-8-20(19(26)11-16)36-13-18-10-15(2)30-32(18)3/h4,7-8,10-11,14,17H,1,5-6,9,12-13H2,2-3H3,(H2,27,28,29)/t17-/m1/s1. The van der Waals surface area contributed by atoms with Crippen molar-refractivity contribution in [3.05, 3.63) is 59.7 Å². The van der Waals surface area contributed by atoms with E-state index in [0.29, 0.717) is 53.0 Å². The minimum absolute atomic E-state index is 0.0476. The number of nitrogens with zero attached hydrogens (tertiary/aromatic N) is 7. The monoisotopic (exact) mass is 506 g/mol. The second-order valence-corrected chi connectivity index (χ2v) is 9.28. The zero-order valence-corrected chi connectivity index (χ0v) is 20.9. The first-order valence-electron chi connectivity index (χ1n) is 11.7. The number of anilines is 1. The molecule has 186 valence electrons. The predicted molar refractivity (Wildman–Crippen MR) is 138 cm³/mol. The van der Waals surface area contributed by atoms with Crippen molar-refractivity contribution < 1.29 is 9.53 Å². The number of carbonyl (C=O) groups is 1. The summed E-state index contributed by atoms with van der Waals surface area (Å²) in [7, 11) is 1.88. The van der Waals surface area contributed by atoms with Crippen molar-refractivity contribution in [1.82, 2.24) is 34.4 Å². The van der Waals surface area contributed by atoms with Crippen molar-refractivity contribution in [2.24, 2.45) is 7.05 Å². The molecule has 0 saturated carbocycles. The zero-order chi connectivity index (χ0) is 25.4. The summed E-state index contributed by atoms with van der Waals surface area (Å²) >= 11 is 6.61. The molecule has 1 aliphatic rings. The maximum absolute atomic E-state index is 12.2. The van der Waals surface area contributed by atoms with Gasteiger partial charge in [0.05, 0.1) is 27.8 Å². The number of fused-ring (bicyclic) bond motifs is 1. The first kappa shape index (κ1) is 23.8.